The van der Waals surface area contributed by atoms with Gasteiger partial charge in [-0.25, -0.2) is 14.6 Å². The van der Waals surface area contributed by atoms with Crippen LogP contribution < -0.4 is 9.47 Å². The number of carbonyl (C=O) groups is 2. The van der Waals surface area contributed by atoms with Crippen molar-refractivity contribution in [1.82, 2.24) is 4.98 Å². The first-order valence-electron chi connectivity index (χ1n) is 7.29. The molecule has 124 valence electrons. The van der Waals surface area contributed by atoms with Crippen LogP contribution >= 0.6 is 11.3 Å². The summed E-state index contributed by atoms with van der Waals surface area (Å²) >= 11 is 1.47. The SMILES string of the molecule is C=CC(=O)Oc1ccc(-c2nc3ccccc3s2)c(OC(=O)C=C)c1. The van der Waals surface area contributed by atoms with Gasteiger partial charge in [0.15, 0.2) is 0 Å². The first-order chi connectivity index (χ1) is 12.1. The Morgan fingerprint density at radius 2 is 1.72 bits per heavy atom. The number of ether oxygens (including phenoxy) is 2. The van der Waals surface area contributed by atoms with Crippen LogP contribution in [0.15, 0.2) is 67.8 Å². The molecule has 0 saturated heterocycles. The first kappa shape index (κ1) is 16.6. The van der Waals surface area contributed by atoms with Gasteiger partial charge in [0.25, 0.3) is 0 Å². The number of benzene rings is 2. The van der Waals surface area contributed by atoms with Crippen LogP contribution in [0.2, 0.25) is 0 Å². The minimum absolute atomic E-state index is 0.235. The van der Waals surface area contributed by atoms with Crippen LogP contribution in [0.3, 0.4) is 0 Å². The van der Waals surface area contributed by atoms with Crippen LogP contribution in [0.5, 0.6) is 11.5 Å². The molecule has 1 aromatic heterocycles. The van der Waals surface area contributed by atoms with Crippen molar-refractivity contribution < 1.29 is 19.1 Å². The van der Waals surface area contributed by atoms with Crippen molar-refractivity contribution in [1.29, 1.82) is 0 Å². The summed E-state index contributed by atoms with van der Waals surface area (Å²) in [6.07, 6.45) is 2.11. The summed E-state index contributed by atoms with van der Waals surface area (Å²) in [4.78, 5) is 27.6. The minimum atomic E-state index is -0.616. The molecule has 0 aliphatic heterocycles. The van der Waals surface area contributed by atoms with Crippen LogP contribution in [-0.4, -0.2) is 16.9 Å². The molecule has 1 heterocycles. The molecule has 0 fully saturated rings. The monoisotopic (exact) mass is 351 g/mol. The standard InChI is InChI=1S/C19H13NO4S/c1-3-17(21)23-12-9-10-13(15(11-12)24-18(22)4-2)19-20-14-7-5-6-8-16(14)25-19/h3-11H,1-2H2. The van der Waals surface area contributed by atoms with Crippen molar-refractivity contribution in [2.75, 3.05) is 0 Å². The van der Waals surface area contributed by atoms with Gasteiger partial charge in [-0.2, -0.15) is 0 Å². The normalized spacial score (nSPS) is 10.2. The van der Waals surface area contributed by atoms with Gasteiger partial charge >= 0.3 is 11.9 Å². The van der Waals surface area contributed by atoms with Crippen molar-refractivity contribution >= 4 is 33.5 Å². The number of para-hydroxylation sites is 1. The molecule has 0 amide bonds. The van der Waals surface area contributed by atoms with Crippen molar-refractivity contribution in [3.8, 4) is 22.1 Å². The number of thiazole rings is 1. The molecule has 25 heavy (non-hydrogen) atoms. The Kier molecular flexibility index (Phi) is 4.72. The predicted molar refractivity (Wildman–Crippen MR) is 96.7 cm³/mol. The number of fused-ring (bicyclic) bond motifs is 1. The van der Waals surface area contributed by atoms with E-state index < -0.39 is 11.9 Å². The molecule has 0 atom stereocenters. The highest BCUT2D eigenvalue weighted by Crippen LogP contribution is 2.38. The molecule has 3 aromatic rings. The Balaban J connectivity index is 2.06. The van der Waals surface area contributed by atoms with E-state index in [1.807, 2.05) is 24.3 Å². The minimum Gasteiger partial charge on any atom is -0.423 e. The summed E-state index contributed by atoms with van der Waals surface area (Å²) in [6.45, 7) is 6.74. The topological polar surface area (TPSA) is 65.5 Å². The van der Waals surface area contributed by atoms with Gasteiger partial charge in [0.2, 0.25) is 0 Å². The molecular weight excluding hydrogens is 338 g/mol. The average Bonchev–Trinajstić information content (AvgIpc) is 3.05. The second kappa shape index (κ2) is 7.11. The first-order valence-corrected chi connectivity index (χ1v) is 8.11. The molecule has 0 N–H and O–H groups in total. The van der Waals surface area contributed by atoms with Gasteiger partial charge in [0.1, 0.15) is 16.5 Å². The molecule has 3 rings (SSSR count). The highest BCUT2D eigenvalue weighted by Gasteiger charge is 2.15. The smallest absolute Gasteiger partial charge is 0.335 e. The second-order valence-corrected chi connectivity index (χ2v) is 5.93. The molecule has 0 bridgehead atoms. The Labute approximate surface area is 147 Å². The van der Waals surface area contributed by atoms with E-state index in [1.165, 1.54) is 17.4 Å². The molecule has 0 spiro atoms. The van der Waals surface area contributed by atoms with Gasteiger partial charge in [-0.15, -0.1) is 11.3 Å². The number of rotatable bonds is 5. The zero-order chi connectivity index (χ0) is 17.8. The molecule has 0 radical (unpaired) electrons. The van der Waals surface area contributed by atoms with Crippen LogP contribution in [0, 0.1) is 0 Å². The van der Waals surface area contributed by atoms with Gasteiger partial charge in [0.05, 0.1) is 15.8 Å². The number of nitrogens with zero attached hydrogens (tertiary/aromatic N) is 1. The molecule has 0 aliphatic rings. The maximum Gasteiger partial charge on any atom is 0.335 e. The molecule has 0 aliphatic carbocycles. The zero-order valence-corrected chi connectivity index (χ0v) is 13.9. The van der Waals surface area contributed by atoms with Crippen molar-refractivity contribution in [3.63, 3.8) is 0 Å². The lowest BCUT2D eigenvalue weighted by Gasteiger charge is -2.09. The fraction of sp³-hybridized carbons (Fsp3) is 0. The third kappa shape index (κ3) is 3.64. The van der Waals surface area contributed by atoms with E-state index in [2.05, 4.69) is 18.1 Å². The Morgan fingerprint density at radius 3 is 2.44 bits per heavy atom. The predicted octanol–water partition coefficient (Wildman–Crippen LogP) is 4.15. The number of hydrogen-bond acceptors (Lipinski definition) is 6. The third-order valence-electron chi connectivity index (χ3n) is 3.24. The van der Waals surface area contributed by atoms with E-state index in [0.717, 1.165) is 22.4 Å². The maximum absolute atomic E-state index is 11.6. The van der Waals surface area contributed by atoms with E-state index >= 15 is 0 Å². The molecular formula is C19H13NO4S. The quantitative estimate of drug-likeness (QED) is 0.392. The van der Waals surface area contributed by atoms with Gasteiger partial charge < -0.3 is 9.47 Å². The lowest BCUT2D eigenvalue weighted by molar-refractivity contribution is -0.129. The van der Waals surface area contributed by atoms with E-state index in [1.54, 1.807) is 12.1 Å². The molecule has 2 aromatic carbocycles. The maximum atomic E-state index is 11.6. The van der Waals surface area contributed by atoms with Gasteiger partial charge in [-0.05, 0) is 24.3 Å². The Morgan fingerprint density at radius 1 is 1.00 bits per heavy atom. The summed E-state index contributed by atoms with van der Waals surface area (Å²) in [5, 5.41) is 0.689. The van der Waals surface area contributed by atoms with E-state index in [0.29, 0.717) is 10.6 Å². The summed E-state index contributed by atoms with van der Waals surface area (Å²) in [7, 11) is 0. The molecule has 0 unspecified atom stereocenters. The highest BCUT2D eigenvalue weighted by molar-refractivity contribution is 7.21. The number of aromatic nitrogens is 1. The number of carbonyl (C=O) groups excluding carboxylic acids is 2. The fourth-order valence-electron chi connectivity index (χ4n) is 2.12. The fourth-order valence-corrected chi connectivity index (χ4v) is 3.12. The summed E-state index contributed by atoms with van der Waals surface area (Å²) in [6, 6.07) is 12.5. The largest absolute Gasteiger partial charge is 0.423 e. The zero-order valence-electron chi connectivity index (χ0n) is 13.1. The third-order valence-corrected chi connectivity index (χ3v) is 4.31. The van der Waals surface area contributed by atoms with Gasteiger partial charge in [-0.3, -0.25) is 0 Å². The molecule has 0 saturated carbocycles. The number of esters is 2. The second-order valence-electron chi connectivity index (χ2n) is 4.90. The van der Waals surface area contributed by atoms with Crippen LogP contribution in [-0.2, 0) is 9.59 Å². The van der Waals surface area contributed by atoms with Gasteiger partial charge in [-0.1, -0.05) is 25.3 Å². The van der Waals surface area contributed by atoms with Crippen molar-refractivity contribution in [3.05, 3.63) is 67.8 Å². The van der Waals surface area contributed by atoms with E-state index in [9.17, 15) is 9.59 Å². The van der Waals surface area contributed by atoms with Crippen LogP contribution in [0.25, 0.3) is 20.8 Å². The van der Waals surface area contributed by atoms with E-state index in [4.69, 9.17) is 9.47 Å². The summed E-state index contributed by atoms with van der Waals surface area (Å²) < 4.78 is 11.4. The lowest BCUT2D eigenvalue weighted by atomic mass is 10.2. The summed E-state index contributed by atoms with van der Waals surface area (Å²) in [5.74, 6) is -0.747. The van der Waals surface area contributed by atoms with Gasteiger partial charge in [0, 0.05) is 18.2 Å². The average molecular weight is 351 g/mol. The number of hydrogen-bond donors (Lipinski definition) is 0. The lowest BCUT2D eigenvalue weighted by Crippen LogP contribution is -2.06. The van der Waals surface area contributed by atoms with Crippen LogP contribution in [0.1, 0.15) is 0 Å². The van der Waals surface area contributed by atoms with E-state index in [-0.39, 0.29) is 11.5 Å². The van der Waals surface area contributed by atoms with Crippen molar-refractivity contribution in [2.24, 2.45) is 0 Å². The molecule has 6 heteroatoms. The van der Waals surface area contributed by atoms with Crippen LogP contribution in [0.4, 0.5) is 0 Å². The Bertz CT molecular complexity index is 957. The Hall–Kier alpha value is -3.25. The highest BCUT2D eigenvalue weighted by atomic mass is 32.1. The summed E-state index contributed by atoms with van der Waals surface area (Å²) in [5.41, 5.74) is 1.47. The molecule has 5 nitrogen and oxygen atoms in total. The van der Waals surface area contributed by atoms with Crippen molar-refractivity contribution in [2.45, 2.75) is 0 Å².